The third-order valence-corrected chi connectivity index (χ3v) is 9.16. The first-order chi connectivity index (χ1) is 17.4. The van der Waals surface area contributed by atoms with Crippen LogP contribution in [0.25, 0.3) is 0 Å². The van der Waals surface area contributed by atoms with Crippen molar-refractivity contribution in [2.75, 3.05) is 26.0 Å². The number of halogens is 1. The summed E-state index contributed by atoms with van der Waals surface area (Å²) in [6.07, 6.45) is 14.9. The molecule has 1 aromatic rings. The van der Waals surface area contributed by atoms with Crippen LogP contribution in [0.15, 0.2) is 46.4 Å². The Morgan fingerprint density at radius 2 is 1.92 bits per heavy atom. The van der Waals surface area contributed by atoms with Gasteiger partial charge in [-0.2, -0.15) is 0 Å². The van der Waals surface area contributed by atoms with E-state index in [1.807, 2.05) is 6.08 Å². The molecule has 3 aliphatic rings. The van der Waals surface area contributed by atoms with E-state index in [0.717, 1.165) is 41.1 Å². The van der Waals surface area contributed by atoms with Crippen LogP contribution in [0.1, 0.15) is 63.9 Å². The summed E-state index contributed by atoms with van der Waals surface area (Å²) in [5.41, 5.74) is 1.25. The van der Waals surface area contributed by atoms with Gasteiger partial charge in [0, 0.05) is 54.2 Å². The van der Waals surface area contributed by atoms with Crippen molar-refractivity contribution in [3.63, 3.8) is 0 Å². The van der Waals surface area contributed by atoms with Gasteiger partial charge in [-0.05, 0) is 61.8 Å². The first-order valence-corrected chi connectivity index (χ1v) is 14.7. The standard InChI is InChI=1S/C29H39ClN2O3S/c1-21(24-9-11-25(30)12-10-24)31(19-22-6-4-3-5-7-22)20-23-8-13-27(26(18-23)35-2)36-17-16-32-28(33)14-15-29(32)34/h8-9,11-13,18,21-22,24H,3-7,10,14-17,19-20H2,1-2H3. The molecule has 2 unspecified atom stereocenters. The monoisotopic (exact) mass is 530 g/mol. The lowest BCUT2D eigenvalue weighted by Crippen LogP contribution is -2.41. The van der Waals surface area contributed by atoms with E-state index >= 15 is 0 Å². The van der Waals surface area contributed by atoms with Crippen LogP contribution in [0.5, 0.6) is 5.75 Å². The molecule has 7 heteroatoms. The molecule has 1 saturated heterocycles. The molecule has 1 aliphatic heterocycles. The number of rotatable bonds is 11. The fraction of sp³-hybridized carbons (Fsp3) is 0.586. The Hall–Kier alpha value is -1.76. The van der Waals surface area contributed by atoms with E-state index in [4.69, 9.17) is 16.3 Å². The molecule has 0 bridgehead atoms. The molecule has 2 aliphatic carbocycles. The van der Waals surface area contributed by atoms with Gasteiger partial charge in [0.2, 0.25) is 11.8 Å². The zero-order valence-electron chi connectivity index (χ0n) is 21.6. The Bertz CT molecular complexity index is 973. The molecule has 196 valence electrons. The summed E-state index contributed by atoms with van der Waals surface area (Å²) in [5, 5.41) is 0.841. The molecule has 0 N–H and O–H groups in total. The van der Waals surface area contributed by atoms with E-state index in [0.29, 0.717) is 37.1 Å². The van der Waals surface area contributed by atoms with Crippen molar-refractivity contribution in [2.24, 2.45) is 11.8 Å². The smallest absolute Gasteiger partial charge is 0.229 e. The number of thioether (sulfide) groups is 1. The molecule has 2 fully saturated rings. The summed E-state index contributed by atoms with van der Waals surface area (Å²) in [7, 11) is 1.71. The van der Waals surface area contributed by atoms with E-state index in [1.165, 1.54) is 42.6 Å². The van der Waals surface area contributed by atoms with Crippen LogP contribution in [-0.4, -0.2) is 53.6 Å². The van der Waals surface area contributed by atoms with Crippen LogP contribution in [0.4, 0.5) is 0 Å². The van der Waals surface area contributed by atoms with Crippen molar-refractivity contribution in [1.82, 2.24) is 9.80 Å². The second kappa shape index (κ2) is 13.2. The first kappa shape index (κ1) is 27.3. The predicted octanol–water partition coefficient (Wildman–Crippen LogP) is 6.41. The number of carbonyl (C=O) groups is 2. The summed E-state index contributed by atoms with van der Waals surface area (Å²) in [6, 6.07) is 6.90. The van der Waals surface area contributed by atoms with Crippen LogP contribution in [0, 0.1) is 11.8 Å². The van der Waals surface area contributed by atoms with E-state index in [-0.39, 0.29) is 11.8 Å². The van der Waals surface area contributed by atoms with Crippen LogP contribution in [0.2, 0.25) is 0 Å². The summed E-state index contributed by atoms with van der Waals surface area (Å²) in [6.45, 7) is 4.82. The zero-order chi connectivity index (χ0) is 25.5. The Kier molecular flexibility index (Phi) is 9.97. The fourth-order valence-electron chi connectivity index (χ4n) is 5.60. The second-order valence-corrected chi connectivity index (χ2v) is 11.9. The van der Waals surface area contributed by atoms with Crippen molar-refractivity contribution in [3.05, 3.63) is 47.0 Å². The number of methoxy groups -OCH3 is 1. The molecule has 1 heterocycles. The Morgan fingerprint density at radius 3 is 2.58 bits per heavy atom. The fourth-order valence-corrected chi connectivity index (χ4v) is 6.70. The predicted molar refractivity (Wildman–Crippen MR) is 147 cm³/mol. The maximum absolute atomic E-state index is 11.9. The van der Waals surface area contributed by atoms with Gasteiger partial charge in [-0.1, -0.05) is 49.1 Å². The third-order valence-electron chi connectivity index (χ3n) is 7.84. The number of hydrogen-bond acceptors (Lipinski definition) is 5. The number of ether oxygens (including phenoxy) is 1. The minimum absolute atomic E-state index is 0.0549. The average molecular weight is 531 g/mol. The number of imide groups is 1. The lowest BCUT2D eigenvalue weighted by atomic mass is 9.87. The van der Waals surface area contributed by atoms with Crippen molar-refractivity contribution in [2.45, 2.75) is 75.8 Å². The second-order valence-electron chi connectivity index (χ2n) is 10.3. The number of amides is 2. The van der Waals surface area contributed by atoms with E-state index < -0.39 is 0 Å². The minimum atomic E-state index is -0.0549. The third kappa shape index (κ3) is 7.17. The summed E-state index contributed by atoms with van der Waals surface area (Å²) in [4.78, 5) is 28.8. The molecule has 0 spiro atoms. The van der Waals surface area contributed by atoms with E-state index in [9.17, 15) is 9.59 Å². The quantitative estimate of drug-likeness (QED) is 0.244. The summed E-state index contributed by atoms with van der Waals surface area (Å²) >= 11 is 7.83. The number of likely N-dealkylation sites (tertiary alicyclic amines) is 1. The highest BCUT2D eigenvalue weighted by atomic mass is 35.5. The van der Waals surface area contributed by atoms with Crippen LogP contribution < -0.4 is 4.74 Å². The van der Waals surface area contributed by atoms with E-state index in [2.05, 4.69) is 42.2 Å². The molecule has 2 amide bonds. The molecule has 5 nitrogen and oxygen atoms in total. The van der Waals surface area contributed by atoms with Gasteiger partial charge < -0.3 is 4.74 Å². The van der Waals surface area contributed by atoms with Gasteiger partial charge in [0.05, 0.1) is 7.11 Å². The normalized spacial score (nSPS) is 21.8. The SMILES string of the molecule is COc1cc(CN(CC2CCCCC2)C(C)C2C=CC(Cl)=CC2)ccc1SCCN1C(=O)CCC1=O. The molecule has 2 atom stereocenters. The van der Waals surface area contributed by atoms with Crippen LogP contribution in [0.3, 0.4) is 0 Å². The molecular weight excluding hydrogens is 492 g/mol. The molecule has 1 saturated carbocycles. The first-order valence-electron chi connectivity index (χ1n) is 13.4. The van der Waals surface area contributed by atoms with Gasteiger partial charge in [0.1, 0.15) is 5.75 Å². The number of carbonyl (C=O) groups excluding carboxylic acids is 2. The molecule has 4 rings (SSSR count). The lowest BCUT2D eigenvalue weighted by Gasteiger charge is -2.37. The Labute approximate surface area is 225 Å². The lowest BCUT2D eigenvalue weighted by molar-refractivity contribution is -0.137. The molecule has 0 aromatic heterocycles. The van der Waals surface area contributed by atoms with Gasteiger partial charge in [0.25, 0.3) is 0 Å². The van der Waals surface area contributed by atoms with Gasteiger partial charge >= 0.3 is 0 Å². The van der Waals surface area contributed by atoms with Gasteiger partial charge in [-0.25, -0.2) is 0 Å². The maximum atomic E-state index is 11.9. The highest BCUT2D eigenvalue weighted by molar-refractivity contribution is 7.99. The molecular formula is C29H39ClN2O3S. The van der Waals surface area contributed by atoms with Crippen molar-refractivity contribution < 1.29 is 14.3 Å². The Balaban J connectivity index is 1.42. The minimum Gasteiger partial charge on any atom is -0.496 e. The van der Waals surface area contributed by atoms with Crippen LogP contribution in [-0.2, 0) is 16.1 Å². The number of nitrogens with zero attached hydrogens (tertiary/aromatic N) is 2. The van der Waals surface area contributed by atoms with Crippen molar-refractivity contribution in [1.29, 1.82) is 0 Å². The number of allylic oxidation sites excluding steroid dienone is 3. The zero-order valence-corrected chi connectivity index (χ0v) is 23.2. The topological polar surface area (TPSA) is 49.9 Å². The Morgan fingerprint density at radius 1 is 1.17 bits per heavy atom. The summed E-state index contributed by atoms with van der Waals surface area (Å²) in [5.74, 6) is 2.64. The highest BCUT2D eigenvalue weighted by Crippen LogP contribution is 2.33. The van der Waals surface area contributed by atoms with Gasteiger partial charge in [0.15, 0.2) is 0 Å². The number of benzene rings is 1. The van der Waals surface area contributed by atoms with Gasteiger partial charge in [-0.3, -0.25) is 19.4 Å². The molecule has 36 heavy (non-hydrogen) atoms. The van der Waals surface area contributed by atoms with Crippen molar-refractivity contribution >= 4 is 35.2 Å². The van der Waals surface area contributed by atoms with Crippen LogP contribution >= 0.6 is 23.4 Å². The maximum Gasteiger partial charge on any atom is 0.229 e. The highest BCUT2D eigenvalue weighted by Gasteiger charge is 2.29. The average Bonchev–Trinajstić information content (AvgIpc) is 3.22. The van der Waals surface area contributed by atoms with Gasteiger partial charge in [-0.15, -0.1) is 11.8 Å². The molecule has 0 radical (unpaired) electrons. The molecule has 1 aromatic carbocycles. The largest absolute Gasteiger partial charge is 0.496 e. The van der Waals surface area contributed by atoms with E-state index in [1.54, 1.807) is 18.9 Å². The number of hydrogen-bond donors (Lipinski definition) is 0. The van der Waals surface area contributed by atoms with Crippen molar-refractivity contribution in [3.8, 4) is 5.75 Å². The summed E-state index contributed by atoms with van der Waals surface area (Å²) < 4.78 is 5.75.